The monoisotopic (exact) mass is 645 g/mol. The average Bonchev–Trinajstić information content (AvgIpc) is 3.77. The van der Waals surface area contributed by atoms with Gasteiger partial charge in [-0.1, -0.05) is 90.9 Å². The van der Waals surface area contributed by atoms with E-state index in [1.165, 1.54) is 50.5 Å². The lowest BCUT2D eigenvalue weighted by Gasteiger charge is -2.39. The number of hydrogen-bond acceptors (Lipinski definition) is 4. The van der Waals surface area contributed by atoms with E-state index in [4.69, 9.17) is 4.65 Å². The smallest absolute Gasteiger partial charge is 0.330 e. The van der Waals surface area contributed by atoms with Gasteiger partial charge in [0.2, 0.25) is 0 Å². The fourth-order valence-corrected chi connectivity index (χ4v) is 7.39. The van der Waals surface area contributed by atoms with E-state index in [0.717, 1.165) is 55.2 Å². The summed E-state index contributed by atoms with van der Waals surface area (Å²) in [6.07, 6.45) is 12.3. The van der Waals surface area contributed by atoms with Crippen molar-refractivity contribution in [2.75, 3.05) is 19.8 Å². The molecule has 1 saturated heterocycles. The number of rotatable bonds is 13. The molecule has 1 aromatic carbocycles. The zero-order valence-corrected chi connectivity index (χ0v) is 31.8. The summed E-state index contributed by atoms with van der Waals surface area (Å²) in [6, 6.07) is 6.34. The maximum absolute atomic E-state index is 13.2. The Morgan fingerprint density at radius 3 is 2.07 bits per heavy atom. The number of hydrogen-bond donors (Lipinski definition) is 2. The first kappa shape index (κ1) is 40.3. The summed E-state index contributed by atoms with van der Waals surface area (Å²) in [5.74, 6) is 2.91. The maximum atomic E-state index is 13.2. The molecule has 3 nitrogen and oxygen atoms in total. The lowest BCUT2D eigenvalue weighted by atomic mass is 9.65. The molecule has 3 aliphatic rings. The molecule has 3 fully saturated rings. The van der Waals surface area contributed by atoms with Crippen LogP contribution in [0, 0.1) is 36.0 Å². The summed E-state index contributed by atoms with van der Waals surface area (Å²) in [6.45, 7) is 24.9. The summed E-state index contributed by atoms with van der Waals surface area (Å²) in [5.41, 5.74) is 3.02. The minimum Gasteiger partial charge on any atom is -0.428 e. The van der Waals surface area contributed by atoms with Crippen LogP contribution in [0.5, 0.6) is 0 Å². The molecule has 6 heteroatoms. The van der Waals surface area contributed by atoms with Crippen molar-refractivity contribution in [2.45, 2.75) is 156 Å². The Kier molecular flexibility index (Phi) is 15.7. The minimum atomic E-state index is -0.396. The Bertz CT molecular complexity index is 1030. The summed E-state index contributed by atoms with van der Waals surface area (Å²) in [5, 5.41) is 3.40. The molecule has 1 aromatic rings. The molecule has 0 amide bonds. The van der Waals surface area contributed by atoms with Crippen LogP contribution < -0.4 is 10.8 Å². The standard InChI is InChI=1S/C22H35BNO2S.C9H17F.C8H16/c1-15(2)19(25)22(10-12-24-13-11-22)18-9-8-17(14-16(18)3)23-26-20(4,5)21(6,7)27;1-3-8(7-10)9(4-2)5-6-9;1-3-4-8-5-7(2)6-8/h8-9,14-15,24,27H,10-13H2,1-7H3;8H,3-7H2,1-2H3;7-8H,3-6H2,1-2H3. The molecule has 257 valence electrons. The zero-order chi connectivity index (χ0) is 34.1. The third kappa shape index (κ3) is 10.8. The first-order valence-electron chi connectivity index (χ1n) is 18.2. The molecule has 1 aliphatic heterocycles. The molecule has 2 saturated carbocycles. The SMILES string of the molecule is CCC(CF)C1(CC)CC1.CCCC1CC(C)C1.Cc1cc([B]OC(C)(C)C(C)(C)S)ccc1C1(C(=O)C(C)C)CCNCC1. The number of Topliss-reactive ketones (excluding diaryl/α,β-unsaturated/α-hetero) is 1. The highest BCUT2D eigenvalue weighted by atomic mass is 32.1. The van der Waals surface area contributed by atoms with E-state index in [9.17, 15) is 9.18 Å². The number of alkyl halides is 1. The first-order chi connectivity index (χ1) is 21.0. The Balaban J connectivity index is 0.000000315. The third-order valence-corrected chi connectivity index (χ3v) is 12.0. The van der Waals surface area contributed by atoms with Gasteiger partial charge in [0.25, 0.3) is 0 Å². The van der Waals surface area contributed by atoms with Crippen LogP contribution in [-0.4, -0.2) is 43.4 Å². The van der Waals surface area contributed by atoms with Crippen molar-refractivity contribution in [3.63, 3.8) is 0 Å². The molecule has 1 N–H and O–H groups in total. The molecule has 0 aromatic heterocycles. The molecule has 0 spiro atoms. The van der Waals surface area contributed by atoms with E-state index in [0.29, 0.717) is 17.1 Å². The van der Waals surface area contributed by atoms with Gasteiger partial charge in [-0.2, -0.15) is 12.6 Å². The topological polar surface area (TPSA) is 38.3 Å². The lowest BCUT2D eigenvalue weighted by molar-refractivity contribution is -0.128. The third-order valence-electron chi connectivity index (χ3n) is 11.5. The van der Waals surface area contributed by atoms with Crippen LogP contribution in [0.1, 0.15) is 145 Å². The number of piperidine rings is 1. The largest absolute Gasteiger partial charge is 0.428 e. The fraction of sp³-hybridized carbons (Fsp3) is 0.821. The van der Waals surface area contributed by atoms with Crippen LogP contribution in [0.15, 0.2) is 18.2 Å². The first-order valence-corrected chi connectivity index (χ1v) is 18.6. The number of benzene rings is 1. The fourth-order valence-electron chi connectivity index (χ4n) is 7.34. The molecule has 1 radical (unpaired) electrons. The molecular weight excluding hydrogens is 576 g/mol. The molecule has 4 rings (SSSR count). The zero-order valence-electron chi connectivity index (χ0n) is 31.0. The molecular formula is C39H68BFNO2S. The molecule has 1 unspecified atom stereocenters. The Labute approximate surface area is 284 Å². The molecule has 1 atom stereocenters. The number of halogens is 1. The quantitative estimate of drug-likeness (QED) is 0.166. The Hall–Kier alpha value is -0.845. The molecule has 1 heterocycles. The van der Waals surface area contributed by atoms with Crippen molar-refractivity contribution in [3.05, 3.63) is 29.3 Å². The second kappa shape index (κ2) is 17.5. The van der Waals surface area contributed by atoms with Gasteiger partial charge >= 0.3 is 7.48 Å². The van der Waals surface area contributed by atoms with Crippen LogP contribution in [0.2, 0.25) is 0 Å². The normalized spacial score (nSPS) is 22.6. The Morgan fingerprint density at radius 1 is 1.09 bits per heavy atom. The number of carbonyl (C=O) groups is 1. The Morgan fingerprint density at radius 2 is 1.69 bits per heavy atom. The van der Waals surface area contributed by atoms with Gasteiger partial charge in [-0.15, -0.1) is 0 Å². The van der Waals surface area contributed by atoms with Crippen molar-refractivity contribution < 1.29 is 13.8 Å². The summed E-state index contributed by atoms with van der Waals surface area (Å²) in [7, 11) is 1.81. The summed E-state index contributed by atoms with van der Waals surface area (Å²) < 4.78 is 18.2. The summed E-state index contributed by atoms with van der Waals surface area (Å²) >= 11 is 4.65. The van der Waals surface area contributed by atoms with E-state index in [-0.39, 0.29) is 22.8 Å². The number of carbonyl (C=O) groups excluding carboxylic acids is 1. The van der Waals surface area contributed by atoms with Crippen LogP contribution in [0.25, 0.3) is 0 Å². The van der Waals surface area contributed by atoms with E-state index >= 15 is 0 Å². The predicted molar refractivity (Wildman–Crippen MR) is 197 cm³/mol. The van der Waals surface area contributed by atoms with Crippen LogP contribution in [0.3, 0.4) is 0 Å². The second-order valence-electron chi connectivity index (χ2n) is 15.9. The number of nitrogens with one attached hydrogen (secondary N) is 1. The maximum Gasteiger partial charge on any atom is 0.330 e. The van der Waals surface area contributed by atoms with E-state index < -0.39 is 5.60 Å². The molecule has 45 heavy (non-hydrogen) atoms. The van der Waals surface area contributed by atoms with E-state index in [2.05, 4.69) is 84.6 Å². The van der Waals surface area contributed by atoms with Gasteiger partial charge in [-0.3, -0.25) is 9.18 Å². The average molecular weight is 645 g/mol. The van der Waals surface area contributed by atoms with Crippen molar-refractivity contribution in [1.29, 1.82) is 0 Å². The van der Waals surface area contributed by atoms with Gasteiger partial charge in [0.05, 0.1) is 17.7 Å². The van der Waals surface area contributed by atoms with E-state index in [1.54, 1.807) is 0 Å². The highest BCUT2D eigenvalue weighted by molar-refractivity contribution is 7.81. The van der Waals surface area contributed by atoms with Crippen LogP contribution in [0.4, 0.5) is 4.39 Å². The highest BCUT2D eigenvalue weighted by Gasteiger charge is 2.46. The number of thiol groups is 1. The van der Waals surface area contributed by atoms with Gasteiger partial charge < -0.3 is 9.97 Å². The number of aryl methyl sites for hydroxylation is 1. The van der Waals surface area contributed by atoms with Gasteiger partial charge in [0.1, 0.15) is 5.78 Å². The van der Waals surface area contributed by atoms with Crippen molar-refractivity contribution in [2.24, 2.45) is 29.1 Å². The van der Waals surface area contributed by atoms with Gasteiger partial charge in [0, 0.05) is 10.7 Å². The summed E-state index contributed by atoms with van der Waals surface area (Å²) in [4.78, 5) is 13.2. The second-order valence-corrected chi connectivity index (χ2v) is 17.1. The minimum absolute atomic E-state index is 0.0375. The lowest BCUT2D eigenvalue weighted by Crippen LogP contribution is -2.48. The predicted octanol–water partition coefficient (Wildman–Crippen LogP) is 9.59. The van der Waals surface area contributed by atoms with Crippen molar-refractivity contribution >= 4 is 31.4 Å². The van der Waals surface area contributed by atoms with Crippen LogP contribution >= 0.6 is 12.6 Å². The van der Waals surface area contributed by atoms with Gasteiger partial charge in [-0.05, 0) is 121 Å². The van der Waals surface area contributed by atoms with E-state index in [1.807, 2.05) is 35.2 Å². The van der Waals surface area contributed by atoms with Crippen LogP contribution in [-0.2, 0) is 14.9 Å². The number of ketones is 1. The van der Waals surface area contributed by atoms with Crippen molar-refractivity contribution in [3.8, 4) is 0 Å². The highest BCUT2D eigenvalue weighted by Crippen LogP contribution is 2.55. The van der Waals surface area contributed by atoms with Gasteiger partial charge in [0.15, 0.2) is 0 Å². The van der Waals surface area contributed by atoms with Gasteiger partial charge in [-0.25, -0.2) is 0 Å². The molecule has 2 aliphatic carbocycles. The van der Waals surface area contributed by atoms with Crippen molar-refractivity contribution in [1.82, 2.24) is 5.32 Å². The molecule has 0 bridgehead atoms.